The van der Waals surface area contributed by atoms with Crippen LogP contribution in [0, 0.1) is 25.2 Å². The Kier molecular flexibility index (Phi) is 5.29. The Bertz CT molecular complexity index is 2380. The zero-order valence-electron chi connectivity index (χ0n) is 23.3. The van der Waals surface area contributed by atoms with Crippen LogP contribution in [0.25, 0.3) is 66.1 Å². The van der Waals surface area contributed by atoms with Crippen LogP contribution in [0.3, 0.4) is 0 Å². The van der Waals surface area contributed by atoms with Gasteiger partial charge in [0.15, 0.2) is 0 Å². The normalized spacial score (nSPS) is 11.5. The molecule has 0 aliphatic rings. The van der Waals surface area contributed by atoms with Crippen LogP contribution >= 0.6 is 0 Å². The Balaban J connectivity index is 1.60. The largest absolute Gasteiger partial charge is 0.307 e. The van der Waals surface area contributed by atoms with Crippen molar-refractivity contribution < 1.29 is 0 Å². The van der Waals surface area contributed by atoms with E-state index in [1.54, 1.807) is 6.20 Å². The van der Waals surface area contributed by atoms with E-state index >= 15 is 0 Å². The van der Waals surface area contributed by atoms with Gasteiger partial charge in [-0.05, 0) is 67.4 Å². The van der Waals surface area contributed by atoms with Crippen molar-refractivity contribution >= 4 is 43.6 Å². The van der Waals surface area contributed by atoms with E-state index in [1.807, 2.05) is 18.3 Å². The average Bonchev–Trinajstić information content (AvgIpc) is 3.52. The minimum Gasteiger partial charge on any atom is -0.307 e. The third kappa shape index (κ3) is 3.51. The van der Waals surface area contributed by atoms with Gasteiger partial charge in [-0.3, -0.25) is 4.98 Å². The molecule has 0 aliphatic heterocycles. The van der Waals surface area contributed by atoms with Crippen LogP contribution in [-0.2, 0) is 0 Å². The number of para-hydroxylation sites is 2. The van der Waals surface area contributed by atoms with Gasteiger partial charge in [0.2, 0.25) is 0 Å². The van der Waals surface area contributed by atoms with Gasteiger partial charge in [0.25, 0.3) is 0 Å². The zero-order chi connectivity index (χ0) is 28.4. The molecular weight excluding hydrogens is 512 g/mol. The Morgan fingerprint density at radius 1 is 0.571 bits per heavy atom. The van der Waals surface area contributed by atoms with Crippen molar-refractivity contribution in [2.75, 3.05) is 0 Å². The molecule has 0 unspecified atom stereocenters. The Morgan fingerprint density at radius 3 is 1.67 bits per heavy atom. The molecule has 4 nitrogen and oxygen atoms in total. The van der Waals surface area contributed by atoms with Crippen molar-refractivity contribution in [3.05, 3.63) is 138 Å². The fraction of sp³-hybridized carbons (Fsp3) is 0.0526. The standard InChI is InChI=1S/C38H26N4/c1-24-13-15-30-28-9-3-5-11-33(28)41(35(30)18-24)37-20-27(22-39)32(26-8-7-17-40-23-26)21-38(37)42-34-12-6-4-10-29(34)31-16-14-25(2)19-36(31)42/h3-21,23H,1-2H3. The number of hydrogen-bond acceptors (Lipinski definition) is 2. The molecule has 0 spiro atoms. The first-order chi connectivity index (χ1) is 20.6. The summed E-state index contributed by atoms with van der Waals surface area (Å²) in [6.45, 7) is 4.27. The molecule has 3 heterocycles. The van der Waals surface area contributed by atoms with Crippen LogP contribution in [0.2, 0.25) is 0 Å². The number of aryl methyl sites for hydroxylation is 2. The predicted octanol–water partition coefficient (Wildman–Crippen LogP) is 9.43. The second kappa shape index (κ2) is 9.19. The van der Waals surface area contributed by atoms with E-state index in [9.17, 15) is 5.26 Å². The molecule has 8 aromatic rings. The molecule has 0 bridgehead atoms. The highest BCUT2D eigenvalue weighted by atomic mass is 15.1. The minimum absolute atomic E-state index is 0.609. The SMILES string of the molecule is Cc1ccc2c3ccccc3n(-c3cc(C#N)c(-c4cccnc4)cc3-n3c4ccccc4c4ccc(C)cc43)c2c1. The fourth-order valence-corrected chi connectivity index (χ4v) is 6.47. The summed E-state index contributed by atoms with van der Waals surface area (Å²) in [7, 11) is 0. The van der Waals surface area contributed by atoms with Gasteiger partial charge in [-0.25, -0.2) is 0 Å². The Hall–Kier alpha value is -5.66. The van der Waals surface area contributed by atoms with E-state index < -0.39 is 0 Å². The van der Waals surface area contributed by atoms with Crippen molar-refractivity contribution in [1.82, 2.24) is 14.1 Å². The predicted molar refractivity (Wildman–Crippen MR) is 173 cm³/mol. The van der Waals surface area contributed by atoms with E-state index in [-0.39, 0.29) is 0 Å². The molecule has 0 amide bonds. The molecule has 0 saturated carbocycles. The topological polar surface area (TPSA) is 46.5 Å². The monoisotopic (exact) mass is 538 g/mol. The van der Waals surface area contributed by atoms with Gasteiger partial charge in [-0.2, -0.15) is 5.26 Å². The summed E-state index contributed by atoms with van der Waals surface area (Å²) in [5, 5.41) is 15.3. The number of pyridine rings is 1. The van der Waals surface area contributed by atoms with Crippen LogP contribution in [0.4, 0.5) is 0 Å². The van der Waals surface area contributed by atoms with Crippen LogP contribution in [0.5, 0.6) is 0 Å². The average molecular weight is 539 g/mol. The van der Waals surface area contributed by atoms with Crippen molar-refractivity contribution in [3.8, 4) is 28.6 Å². The zero-order valence-corrected chi connectivity index (χ0v) is 23.3. The molecule has 0 fully saturated rings. The lowest BCUT2D eigenvalue weighted by molar-refractivity contribution is 1.09. The molecule has 4 heteroatoms. The molecule has 0 radical (unpaired) electrons. The number of benzene rings is 5. The number of hydrogen-bond donors (Lipinski definition) is 0. The number of nitrogens with zero attached hydrogens (tertiary/aromatic N) is 4. The maximum atomic E-state index is 10.5. The first-order valence-corrected chi connectivity index (χ1v) is 14.1. The van der Waals surface area contributed by atoms with Gasteiger partial charge in [0.05, 0.1) is 45.1 Å². The molecule has 0 saturated heterocycles. The van der Waals surface area contributed by atoms with Gasteiger partial charge in [-0.15, -0.1) is 0 Å². The summed E-state index contributed by atoms with van der Waals surface area (Å²) in [6.07, 6.45) is 3.60. The number of aromatic nitrogens is 3. The van der Waals surface area contributed by atoms with Crippen LogP contribution in [-0.4, -0.2) is 14.1 Å². The first kappa shape index (κ1) is 24.2. The van der Waals surface area contributed by atoms with Crippen molar-refractivity contribution in [2.45, 2.75) is 13.8 Å². The third-order valence-electron chi connectivity index (χ3n) is 8.35. The van der Waals surface area contributed by atoms with Gasteiger partial charge in [-0.1, -0.05) is 66.7 Å². The number of nitriles is 1. The lowest BCUT2D eigenvalue weighted by Crippen LogP contribution is -2.05. The first-order valence-electron chi connectivity index (χ1n) is 14.1. The molecule has 5 aromatic carbocycles. The van der Waals surface area contributed by atoms with Crippen LogP contribution in [0.15, 0.2) is 122 Å². The molecule has 0 N–H and O–H groups in total. The highest BCUT2D eigenvalue weighted by molar-refractivity contribution is 6.12. The maximum Gasteiger partial charge on any atom is 0.0999 e. The van der Waals surface area contributed by atoms with Gasteiger partial charge in [0, 0.05) is 45.1 Å². The molecule has 198 valence electrons. The summed E-state index contributed by atoms with van der Waals surface area (Å²) in [5.74, 6) is 0. The smallest absolute Gasteiger partial charge is 0.0999 e. The van der Waals surface area contributed by atoms with E-state index in [0.717, 1.165) is 44.6 Å². The Morgan fingerprint density at radius 2 is 1.12 bits per heavy atom. The second-order valence-electron chi connectivity index (χ2n) is 11.0. The molecule has 0 atom stereocenters. The number of fused-ring (bicyclic) bond motifs is 6. The minimum atomic E-state index is 0.609. The molecular formula is C38H26N4. The quantitative estimate of drug-likeness (QED) is 0.225. The van der Waals surface area contributed by atoms with E-state index in [4.69, 9.17) is 0 Å². The highest BCUT2D eigenvalue weighted by Gasteiger charge is 2.22. The van der Waals surface area contributed by atoms with Crippen molar-refractivity contribution in [1.29, 1.82) is 5.26 Å². The highest BCUT2D eigenvalue weighted by Crippen LogP contribution is 2.41. The van der Waals surface area contributed by atoms with Gasteiger partial charge in [0.1, 0.15) is 0 Å². The second-order valence-corrected chi connectivity index (χ2v) is 11.0. The van der Waals surface area contributed by atoms with Crippen LogP contribution in [0.1, 0.15) is 16.7 Å². The molecule has 3 aromatic heterocycles. The van der Waals surface area contributed by atoms with Gasteiger partial charge >= 0.3 is 0 Å². The molecule has 0 aliphatic carbocycles. The Labute approximate surface area is 243 Å². The summed E-state index contributed by atoms with van der Waals surface area (Å²) in [4.78, 5) is 4.38. The molecule has 42 heavy (non-hydrogen) atoms. The van der Waals surface area contributed by atoms with E-state index in [2.05, 4.69) is 131 Å². The lowest BCUT2D eigenvalue weighted by Gasteiger charge is -2.19. The van der Waals surface area contributed by atoms with E-state index in [1.165, 1.54) is 32.7 Å². The fourth-order valence-electron chi connectivity index (χ4n) is 6.47. The van der Waals surface area contributed by atoms with Crippen molar-refractivity contribution in [2.24, 2.45) is 0 Å². The lowest BCUT2D eigenvalue weighted by atomic mass is 9.99. The van der Waals surface area contributed by atoms with Crippen molar-refractivity contribution in [3.63, 3.8) is 0 Å². The summed E-state index contributed by atoms with van der Waals surface area (Å²) >= 11 is 0. The maximum absolute atomic E-state index is 10.5. The third-order valence-corrected chi connectivity index (χ3v) is 8.35. The van der Waals surface area contributed by atoms with Crippen LogP contribution < -0.4 is 0 Å². The summed E-state index contributed by atoms with van der Waals surface area (Å²) in [6, 6.07) is 41.1. The van der Waals surface area contributed by atoms with E-state index in [0.29, 0.717) is 5.56 Å². The summed E-state index contributed by atoms with van der Waals surface area (Å²) < 4.78 is 4.70. The number of rotatable bonds is 3. The van der Waals surface area contributed by atoms with Gasteiger partial charge < -0.3 is 9.13 Å². The molecule has 8 rings (SSSR count). The summed E-state index contributed by atoms with van der Waals surface area (Å²) in [5.41, 5.74) is 11.2.